The maximum Gasteiger partial charge on any atom is 0.286 e. The number of rotatable bonds is 8. The fraction of sp³-hybridized carbons (Fsp3) is 0.250. The van der Waals surface area contributed by atoms with E-state index in [0.29, 0.717) is 26.3 Å². The summed E-state index contributed by atoms with van der Waals surface area (Å²) in [6.07, 6.45) is 4.19. The van der Waals surface area contributed by atoms with Gasteiger partial charge in [-0.1, -0.05) is 36.0 Å². The molecule has 0 saturated heterocycles. The van der Waals surface area contributed by atoms with Crippen molar-refractivity contribution in [3.63, 3.8) is 0 Å². The quantitative estimate of drug-likeness (QED) is 0.351. The second-order valence-corrected chi connectivity index (χ2v) is 8.34. The van der Waals surface area contributed by atoms with Crippen molar-refractivity contribution in [3.8, 4) is 0 Å². The third kappa shape index (κ3) is 5.42. The molecule has 0 unspecified atom stereocenters. The van der Waals surface area contributed by atoms with E-state index in [0.717, 1.165) is 16.5 Å². The van der Waals surface area contributed by atoms with Crippen LogP contribution in [0.5, 0.6) is 0 Å². The Kier molecular flexibility index (Phi) is 8.53. The first-order valence-corrected chi connectivity index (χ1v) is 11.2. The number of anilines is 1. The first kappa shape index (κ1) is 24.1. The lowest BCUT2D eigenvalue weighted by Crippen LogP contribution is -3.00. The van der Waals surface area contributed by atoms with Crippen LogP contribution in [0, 0.1) is 0 Å². The van der Waals surface area contributed by atoms with Crippen molar-refractivity contribution in [1.82, 2.24) is 5.32 Å². The molecule has 0 atom stereocenters. The number of pyridine rings is 1. The van der Waals surface area contributed by atoms with Gasteiger partial charge in [-0.2, -0.15) is 4.57 Å². The van der Waals surface area contributed by atoms with Crippen LogP contribution in [-0.2, 0) is 16.1 Å². The number of halogens is 1. The van der Waals surface area contributed by atoms with Crippen LogP contribution in [0.3, 0.4) is 0 Å². The molecule has 2 heterocycles. The van der Waals surface area contributed by atoms with Crippen molar-refractivity contribution in [1.29, 1.82) is 0 Å². The first-order valence-electron chi connectivity index (χ1n) is 10.4. The average molecular weight is 471 g/mol. The number of hydrogen-bond donors (Lipinski definition) is 2. The molecule has 0 aliphatic carbocycles. The van der Waals surface area contributed by atoms with Crippen LogP contribution < -0.4 is 32.9 Å². The average Bonchev–Trinajstić information content (AvgIpc) is 3.11. The second-order valence-electron chi connectivity index (χ2n) is 7.28. The summed E-state index contributed by atoms with van der Waals surface area (Å²) in [7, 11) is 2.09. The van der Waals surface area contributed by atoms with E-state index in [4.69, 9.17) is 10.5 Å². The molecule has 8 heteroatoms. The van der Waals surface area contributed by atoms with E-state index >= 15 is 0 Å². The summed E-state index contributed by atoms with van der Waals surface area (Å²) in [5.41, 5.74) is 8.77. The van der Waals surface area contributed by atoms with Crippen molar-refractivity contribution in [2.45, 2.75) is 11.4 Å². The zero-order chi connectivity index (χ0) is 21.6. The van der Waals surface area contributed by atoms with Crippen LogP contribution >= 0.6 is 11.8 Å². The molecule has 1 aliphatic heterocycles. The van der Waals surface area contributed by atoms with Gasteiger partial charge in [0.25, 0.3) is 5.91 Å². The number of hydrogen-bond acceptors (Lipinski definition) is 5. The number of aromatic nitrogens is 1. The highest BCUT2D eigenvalue weighted by Crippen LogP contribution is 2.45. The Morgan fingerprint density at radius 2 is 1.94 bits per heavy atom. The fourth-order valence-electron chi connectivity index (χ4n) is 3.61. The van der Waals surface area contributed by atoms with Crippen molar-refractivity contribution in [3.05, 3.63) is 71.4 Å². The van der Waals surface area contributed by atoms with Gasteiger partial charge in [0, 0.05) is 37.2 Å². The molecule has 0 saturated carbocycles. The molecule has 1 amide bonds. The number of carbonyl (C=O) groups excluding carboxylic acids is 1. The van der Waals surface area contributed by atoms with Gasteiger partial charge in [0.15, 0.2) is 6.20 Å². The van der Waals surface area contributed by atoms with Crippen LogP contribution in [0.15, 0.2) is 70.7 Å². The van der Waals surface area contributed by atoms with Gasteiger partial charge in [-0.05, 0) is 29.8 Å². The minimum atomic E-state index is -0.0425. The molecule has 32 heavy (non-hydrogen) atoms. The smallest absolute Gasteiger partial charge is 0.286 e. The van der Waals surface area contributed by atoms with Crippen LogP contribution in [0.25, 0.3) is 17.0 Å². The molecule has 6 nitrogen and oxygen atoms in total. The number of amides is 1. The molecule has 1 aromatic heterocycles. The van der Waals surface area contributed by atoms with E-state index in [1.165, 1.54) is 15.6 Å². The number of nitrogens with two attached hydrogens (primary N) is 1. The summed E-state index contributed by atoms with van der Waals surface area (Å²) in [5, 5.41) is 5.19. The SMILES string of the molecule is CN1/C(=C/c2cc[n+](CC(=O)NCCOCCN)c3ccccc23)Sc2ccccc21.[Cl-]. The van der Waals surface area contributed by atoms with E-state index in [-0.39, 0.29) is 24.9 Å². The second kappa shape index (κ2) is 11.3. The van der Waals surface area contributed by atoms with Gasteiger partial charge in [-0.15, -0.1) is 0 Å². The van der Waals surface area contributed by atoms with Gasteiger partial charge >= 0.3 is 0 Å². The first-order chi connectivity index (χ1) is 15.2. The summed E-state index contributed by atoms with van der Waals surface area (Å²) in [4.78, 5) is 15.9. The molecule has 0 fully saturated rings. The van der Waals surface area contributed by atoms with Crippen molar-refractivity contribution in [2.24, 2.45) is 5.73 Å². The van der Waals surface area contributed by atoms with Crippen LogP contribution in [0.1, 0.15) is 5.56 Å². The molecular weight excluding hydrogens is 444 g/mol. The summed E-state index contributed by atoms with van der Waals surface area (Å²) in [6, 6.07) is 18.7. The number of carbonyl (C=O) groups is 1. The Morgan fingerprint density at radius 1 is 1.16 bits per heavy atom. The minimum absolute atomic E-state index is 0. The van der Waals surface area contributed by atoms with Crippen molar-refractivity contribution >= 4 is 40.3 Å². The highest BCUT2D eigenvalue weighted by Gasteiger charge is 2.22. The number of benzene rings is 2. The monoisotopic (exact) mass is 470 g/mol. The van der Waals surface area contributed by atoms with Gasteiger partial charge in [-0.3, -0.25) is 4.79 Å². The summed E-state index contributed by atoms with van der Waals surface area (Å²) in [6.45, 7) is 2.19. The molecule has 0 radical (unpaired) electrons. The molecule has 2 aromatic carbocycles. The Balaban J connectivity index is 0.00000289. The van der Waals surface area contributed by atoms with Gasteiger partial charge in [0.2, 0.25) is 12.1 Å². The third-order valence-corrected chi connectivity index (χ3v) is 6.32. The van der Waals surface area contributed by atoms with Gasteiger partial charge in [0.1, 0.15) is 0 Å². The number of para-hydroxylation sites is 2. The van der Waals surface area contributed by atoms with E-state index in [1.54, 1.807) is 11.8 Å². The van der Waals surface area contributed by atoms with Gasteiger partial charge in [-0.25, -0.2) is 0 Å². The molecule has 3 aromatic rings. The van der Waals surface area contributed by atoms with Crippen molar-refractivity contribution < 1.29 is 26.5 Å². The molecule has 1 aliphatic rings. The lowest BCUT2D eigenvalue weighted by Gasteiger charge is -2.13. The zero-order valence-electron chi connectivity index (χ0n) is 18.0. The third-order valence-electron chi connectivity index (χ3n) is 5.15. The number of thioether (sulfide) groups is 1. The van der Waals surface area contributed by atoms with Crippen LogP contribution in [-0.4, -0.2) is 39.3 Å². The highest BCUT2D eigenvalue weighted by molar-refractivity contribution is 8.03. The van der Waals surface area contributed by atoms with Gasteiger partial charge in [0.05, 0.1) is 29.3 Å². The predicted octanol–water partition coefficient (Wildman–Crippen LogP) is -0.237. The Bertz CT molecular complexity index is 1120. The van der Waals surface area contributed by atoms with E-state index in [1.807, 2.05) is 22.9 Å². The minimum Gasteiger partial charge on any atom is -1.00 e. The normalized spacial score (nSPS) is 13.8. The molecule has 168 valence electrons. The van der Waals surface area contributed by atoms with Gasteiger partial charge < -0.3 is 33.1 Å². The van der Waals surface area contributed by atoms with Crippen LogP contribution in [0.4, 0.5) is 5.69 Å². The molecule has 4 rings (SSSR count). The maximum atomic E-state index is 12.4. The summed E-state index contributed by atoms with van der Waals surface area (Å²) in [5.74, 6) is -0.0425. The molecular formula is C24H27ClN4O2S. The number of nitrogens with one attached hydrogen (secondary N) is 1. The number of fused-ring (bicyclic) bond motifs is 2. The van der Waals surface area contributed by atoms with E-state index in [2.05, 4.69) is 65.8 Å². The predicted molar refractivity (Wildman–Crippen MR) is 126 cm³/mol. The zero-order valence-corrected chi connectivity index (χ0v) is 19.5. The number of nitrogens with zero attached hydrogens (tertiary/aromatic N) is 2. The molecule has 0 spiro atoms. The topological polar surface area (TPSA) is 71.5 Å². The lowest BCUT2D eigenvalue weighted by atomic mass is 10.1. The Morgan fingerprint density at radius 3 is 2.75 bits per heavy atom. The van der Waals surface area contributed by atoms with E-state index in [9.17, 15) is 4.79 Å². The Labute approximate surface area is 198 Å². The standard InChI is InChI=1S/C24H26N4O2S.ClH/c1-27-21-8-4-5-9-22(21)31-24(27)16-18-10-13-28(20-7-3-2-6-19(18)20)17-23(29)26-12-15-30-14-11-25;/h2-10,13,16H,11-12,14-15,17,25H2,1H3;1H. The van der Waals surface area contributed by atoms with E-state index < -0.39 is 0 Å². The molecule has 0 bridgehead atoms. The largest absolute Gasteiger partial charge is 1.00 e. The number of ether oxygens (including phenoxy) is 1. The van der Waals surface area contributed by atoms with Crippen LogP contribution in [0.2, 0.25) is 0 Å². The Hall–Kier alpha value is -2.58. The lowest BCUT2D eigenvalue weighted by molar-refractivity contribution is -0.658. The fourth-order valence-corrected chi connectivity index (χ4v) is 4.71. The van der Waals surface area contributed by atoms with Crippen molar-refractivity contribution in [2.75, 3.05) is 38.3 Å². The molecule has 3 N–H and O–H groups in total. The highest BCUT2D eigenvalue weighted by atomic mass is 35.5. The summed E-state index contributed by atoms with van der Waals surface area (Å²) >= 11 is 1.77. The maximum absolute atomic E-state index is 12.4. The summed E-state index contributed by atoms with van der Waals surface area (Å²) < 4.78 is 7.29.